The van der Waals surface area contributed by atoms with E-state index in [1.807, 2.05) is 0 Å². The molecular formula is C12H18FNO2. The van der Waals surface area contributed by atoms with Crippen LogP contribution in [-0.4, -0.2) is 20.8 Å². The van der Waals surface area contributed by atoms with Crippen molar-refractivity contribution in [2.24, 2.45) is 5.73 Å². The van der Waals surface area contributed by atoms with E-state index in [1.54, 1.807) is 32.2 Å². The molecule has 0 saturated carbocycles. The fraction of sp³-hybridized carbons (Fsp3) is 0.500. The van der Waals surface area contributed by atoms with Crippen LogP contribution in [0.4, 0.5) is 4.39 Å². The van der Waals surface area contributed by atoms with Crippen molar-refractivity contribution in [3.8, 4) is 11.5 Å². The van der Waals surface area contributed by atoms with Gasteiger partial charge in [0.05, 0.1) is 14.2 Å². The van der Waals surface area contributed by atoms with Crippen molar-refractivity contribution < 1.29 is 13.9 Å². The van der Waals surface area contributed by atoms with Gasteiger partial charge in [0.15, 0.2) is 11.5 Å². The van der Waals surface area contributed by atoms with Gasteiger partial charge in [0, 0.05) is 6.54 Å². The van der Waals surface area contributed by atoms with Crippen LogP contribution in [0.1, 0.15) is 18.9 Å². The Kier molecular flexibility index (Phi) is 4.12. The number of halogens is 1. The average molecular weight is 227 g/mol. The zero-order valence-electron chi connectivity index (χ0n) is 9.92. The van der Waals surface area contributed by atoms with Gasteiger partial charge < -0.3 is 15.2 Å². The zero-order valence-corrected chi connectivity index (χ0v) is 9.92. The molecule has 0 heterocycles. The van der Waals surface area contributed by atoms with E-state index in [0.717, 1.165) is 0 Å². The van der Waals surface area contributed by atoms with Crippen LogP contribution in [0.5, 0.6) is 11.5 Å². The van der Waals surface area contributed by atoms with Gasteiger partial charge in [-0.25, -0.2) is 4.39 Å². The molecule has 0 aliphatic carbocycles. The summed E-state index contributed by atoms with van der Waals surface area (Å²) in [6.45, 7) is 1.72. The number of alkyl halides is 1. The molecule has 3 nitrogen and oxygen atoms in total. The highest BCUT2D eigenvalue weighted by atomic mass is 19.1. The van der Waals surface area contributed by atoms with E-state index in [2.05, 4.69) is 0 Å². The van der Waals surface area contributed by atoms with Crippen molar-refractivity contribution in [1.82, 2.24) is 0 Å². The van der Waals surface area contributed by atoms with Gasteiger partial charge in [-0.15, -0.1) is 0 Å². The lowest BCUT2D eigenvalue weighted by Crippen LogP contribution is -2.29. The molecular weight excluding hydrogens is 209 g/mol. The first-order valence-corrected chi connectivity index (χ1v) is 5.22. The predicted molar refractivity (Wildman–Crippen MR) is 61.7 cm³/mol. The topological polar surface area (TPSA) is 44.5 Å². The molecule has 2 N–H and O–H groups in total. The Labute approximate surface area is 95.4 Å². The Bertz CT molecular complexity index is 351. The van der Waals surface area contributed by atoms with Crippen LogP contribution in [0.15, 0.2) is 18.2 Å². The van der Waals surface area contributed by atoms with Gasteiger partial charge in [-0.3, -0.25) is 0 Å². The number of benzene rings is 1. The molecule has 1 atom stereocenters. The normalized spacial score (nSPS) is 14.3. The van der Waals surface area contributed by atoms with E-state index in [9.17, 15) is 4.39 Å². The number of ether oxygens (including phenoxy) is 2. The molecule has 16 heavy (non-hydrogen) atoms. The summed E-state index contributed by atoms with van der Waals surface area (Å²) in [6, 6.07) is 5.00. The van der Waals surface area contributed by atoms with E-state index in [1.165, 1.54) is 7.11 Å². The van der Waals surface area contributed by atoms with Crippen LogP contribution in [0.25, 0.3) is 0 Å². The van der Waals surface area contributed by atoms with Crippen molar-refractivity contribution in [2.75, 3.05) is 20.8 Å². The van der Waals surface area contributed by atoms with E-state index in [-0.39, 0.29) is 6.54 Å². The lowest BCUT2D eigenvalue weighted by Gasteiger charge is -2.23. The maximum absolute atomic E-state index is 14.3. The van der Waals surface area contributed by atoms with Gasteiger partial charge >= 0.3 is 0 Å². The Balaban J connectivity index is 3.16. The van der Waals surface area contributed by atoms with E-state index >= 15 is 0 Å². The second kappa shape index (κ2) is 5.16. The second-order valence-corrected chi connectivity index (χ2v) is 3.59. The SMILES string of the molecule is CCC(F)(CN)c1ccc(OC)c(OC)c1. The van der Waals surface area contributed by atoms with Crippen molar-refractivity contribution in [2.45, 2.75) is 19.0 Å². The Hall–Kier alpha value is -1.29. The minimum Gasteiger partial charge on any atom is -0.493 e. The molecule has 1 rings (SSSR count). The molecule has 1 unspecified atom stereocenters. The number of hydrogen-bond donors (Lipinski definition) is 1. The van der Waals surface area contributed by atoms with E-state index in [0.29, 0.717) is 23.5 Å². The monoisotopic (exact) mass is 227 g/mol. The van der Waals surface area contributed by atoms with Crippen LogP contribution in [-0.2, 0) is 5.67 Å². The summed E-state index contributed by atoms with van der Waals surface area (Å²) < 4.78 is 24.5. The summed E-state index contributed by atoms with van der Waals surface area (Å²) in [7, 11) is 3.07. The van der Waals surface area contributed by atoms with Gasteiger partial charge in [-0.05, 0) is 24.1 Å². The van der Waals surface area contributed by atoms with Crippen molar-refractivity contribution in [3.63, 3.8) is 0 Å². The van der Waals surface area contributed by atoms with Gasteiger partial charge in [0.2, 0.25) is 0 Å². The summed E-state index contributed by atoms with van der Waals surface area (Å²) in [4.78, 5) is 0. The Morgan fingerprint density at radius 1 is 1.25 bits per heavy atom. The third-order valence-electron chi connectivity index (χ3n) is 2.78. The Morgan fingerprint density at radius 3 is 2.31 bits per heavy atom. The Morgan fingerprint density at radius 2 is 1.88 bits per heavy atom. The van der Waals surface area contributed by atoms with Crippen LogP contribution in [0.2, 0.25) is 0 Å². The van der Waals surface area contributed by atoms with E-state index in [4.69, 9.17) is 15.2 Å². The first kappa shape index (κ1) is 12.8. The average Bonchev–Trinajstić information content (AvgIpc) is 2.36. The largest absolute Gasteiger partial charge is 0.493 e. The molecule has 90 valence electrons. The third-order valence-corrected chi connectivity index (χ3v) is 2.78. The van der Waals surface area contributed by atoms with Gasteiger partial charge in [-0.1, -0.05) is 13.0 Å². The molecule has 4 heteroatoms. The maximum Gasteiger partial charge on any atom is 0.161 e. The first-order valence-electron chi connectivity index (χ1n) is 5.22. The predicted octanol–water partition coefficient (Wildman–Crippen LogP) is 2.24. The molecule has 0 fully saturated rings. The van der Waals surface area contributed by atoms with Crippen LogP contribution >= 0.6 is 0 Å². The minimum atomic E-state index is -1.50. The van der Waals surface area contributed by atoms with Gasteiger partial charge in [0.1, 0.15) is 5.67 Å². The molecule has 0 saturated heterocycles. The van der Waals surface area contributed by atoms with Crippen molar-refractivity contribution in [1.29, 1.82) is 0 Å². The van der Waals surface area contributed by atoms with Crippen LogP contribution < -0.4 is 15.2 Å². The summed E-state index contributed by atoms with van der Waals surface area (Å²) >= 11 is 0. The van der Waals surface area contributed by atoms with Crippen molar-refractivity contribution >= 4 is 0 Å². The molecule has 0 aliphatic heterocycles. The molecule has 0 spiro atoms. The summed E-state index contributed by atoms with van der Waals surface area (Å²) in [6.07, 6.45) is 0.332. The third kappa shape index (κ3) is 2.27. The highest BCUT2D eigenvalue weighted by molar-refractivity contribution is 5.44. The molecule has 1 aromatic carbocycles. The number of hydrogen-bond acceptors (Lipinski definition) is 3. The number of methoxy groups -OCH3 is 2. The lowest BCUT2D eigenvalue weighted by molar-refractivity contribution is 0.168. The second-order valence-electron chi connectivity index (χ2n) is 3.59. The van der Waals surface area contributed by atoms with Crippen LogP contribution in [0, 0.1) is 0 Å². The van der Waals surface area contributed by atoms with Gasteiger partial charge in [-0.2, -0.15) is 0 Å². The highest BCUT2D eigenvalue weighted by Crippen LogP contribution is 2.35. The fourth-order valence-corrected chi connectivity index (χ4v) is 1.58. The molecule has 1 aromatic rings. The molecule has 0 amide bonds. The molecule has 0 aliphatic rings. The summed E-state index contributed by atoms with van der Waals surface area (Å²) in [5.41, 5.74) is 4.49. The highest BCUT2D eigenvalue weighted by Gasteiger charge is 2.29. The number of nitrogens with two attached hydrogens (primary N) is 1. The lowest BCUT2D eigenvalue weighted by atomic mass is 9.93. The fourth-order valence-electron chi connectivity index (χ4n) is 1.58. The zero-order chi connectivity index (χ0) is 12.2. The molecule has 0 bridgehead atoms. The van der Waals surface area contributed by atoms with Crippen LogP contribution in [0.3, 0.4) is 0 Å². The van der Waals surface area contributed by atoms with Gasteiger partial charge in [0.25, 0.3) is 0 Å². The minimum absolute atomic E-state index is 0.0427. The first-order chi connectivity index (χ1) is 7.61. The number of rotatable bonds is 5. The summed E-state index contributed by atoms with van der Waals surface area (Å²) in [5, 5.41) is 0. The summed E-state index contributed by atoms with van der Waals surface area (Å²) in [5.74, 6) is 1.10. The smallest absolute Gasteiger partial charge is 0.161 e. The standard InChI is InChI=1S/C12H18FNO2/c1-4-12(13,8-14)9-5-6-10(15-2)11(7-9)16-3/h5-7H,4,8,14H2,1-3H3. The quantitative estimate of drug-likeness (QED) is 0.839. The molecule has 0 aromatic heterocycles. The maximum atomic E-state index is 14.3. The van der Waals surface area contributed by atoms with E-state index < -0.39 is 5.67 Å². The molecule has 0 radical (unpaired) electrons. The van der Waals surface area contributed by atoms with Crippen molar-refractivity contribution in [3.05, 3.63) is 23.8 Å².